The van der Waals surface area contributed by atoms with E-state index in [-0.39, 0.29) is 5.75 Å². The second-order valence-electron chi connectivity index (χ2n) is 5.20. The number of phenols is 1. The summed E-state index contributed by atoms with van der Waals surface area (Å²) >= 11 is 0. The molecule has 0 unspecified atom stereocenters. The van der Waals surface area contributed by atoms with E-state index in [1.807, 2.05) is 36.4 Å². The van der Waals surface area contributed by atoms with Gasteiger partial charge in [0.15, 0.2) is 0 Å². The van der Waals surface area contributed by atoms with Gasteiger partial charge in [-0.3, -0.25) is 4.99 Å². The van der Waals surface area contributed by atoms with E-state index in [0.717, 1.165) is 35.7 Å². The highest BCUT2D eigenvalue weighted by atomic mass is 16.5. The first-order valence-electron chi connectivity index (χ1n) is 7.89. The molecule has 0 aromatic heterocycles. The van der Waals surface area contributed by atoms with E-state index >= 15 is 0 Å². The van der Waals surface area contributed by atoms with Crippen molar-refractivity contribution in [1.29, 1.82) is 0 Å². The van der Waals surface area contributed by atoms with Crippen LogP contribution in [0, 0.1) is 0 Å². The lowest BCUT2D eigenvalue weighted by Crippen LogP contribution is -2.21. The molecule has 2 aromatic rings. The first-order valence-corrected chi connectivity index (χ1v) is 7.89. The van der Waals surface area contributed by atoms with Gasteiger partial charge in [-0.2, -0.15) is 0 Å². The number of ether oxygens (including phenoxy) is 1. The number of aliphatic imine (C=N–C) groups is 1. The van der Waals surface area contributed by atoms with E-state index in [1.165, 1.54) is 0 Å². The molecule has 0 aliphatic carbocycles. The fourth-order valence-electron chi connectivity index (χ4n) is 2.50. The van der Waals surface area contributed by atoms with Crippen LogP contribution in [0.4, 0.5) is 5.69 Å². The highest BCUT2D eigenvalue weighted by molar-refractivity contribution is 5.84. The third kappa shape index (κ3) is 4.25. The van der Waals surface area contributed by atoms with E-state index in [4.69, 9.17) is 4.74 Å². The molecular weight excluding hydrogens is 288 g/mol. The van der Waals surface area contributed by atoms with Gasteiger partial charge in [0.05, 0.1) is 13.7 Å². The largest absolute Gasteiger partial charge is 0.507 e. The van der Waals surface area contributed by atoms with Crippen LogP contribution in [0.5, 0.6) is 11.5 Å². The van der Waals surface area contributed by atoms with Crippen molar-refractivity contribution < 1.29 is 9.84 Å². The molecule has 0 spiro atoms. The molecule has 0 fully saturated rings. The Hall–Kier alpha value is -2.49. The van der Waals surface area contributed by atoms with Crippen LogP contribution in [0.2, 0.25) is 0 Å². The first-order chi connectivity index (χ1) is 11.2. The second-order valence-corrected chi connectivity index (χ2v) is 5.20. The monoisotopic (exact) mass is 312 g/mol. The predicted molar refractivity (Wildman–Crippen MR) is 96.0 cm³/mol. The summed E-state index contributed by atoms with van der Waals surface area (Å²) in [5.41, 5.74) is 2.76. The average Bonchev–Trinajstić information content (AvgIpc) is 2.58. The van der Waals surface area contributed by atoms with Gasteiger partial charge in [-0.25, -0.2) is 0 Å². The zero-order valence-electron chi connectivity index (χ0n) is 14.0. The topological polar surface area (TPSA) is 45.1 Å². The van der Waals surface area contributed by atoms with Crippen LogP contribution in [-0.4, -0.2) is 31.5 Å². The molecule has 0 heterocycles. The van der Waals surface area contributed by atoms with Gasteiger partial charge in [0.2, 0.25) is 0 Å². The van der Waals surface area contributed by atoms with Crippen LogP contribution in [0.25, 0.3) is 0 Å². The average molecular weight is 312 g/mol. The maximum atomic E-state index is 10.2. The molecule has 4 heteroatoms. The van der Waals surface area contributed by atoms with Gasteiger partial charge in [0.1, 0.15) is 11.5 Å². The molecule has 0 atom stereocenters. The van der Waals surface area contributed by atoms with Crippen molar-refractivity contribution in [2.75, 3.05) is 25.1 Å². The Bertz CT molecular complexity index is 664. The van der Waals surface area contributed by atoms with Gasteiger partial charge in [-0.15, -0.1) is 0 Å². The predicted octanol–water partition coefficient (Wildman–Crippen LogP) is 3.87. The Kier molecular flexibility index (Phi) is 6.03. The summed E-state index contributed by atoms with van der Waals surface area (Å²) in [6.45, 7) is 6.54. The lowest BCUT2D eigenvalue weighted by Gasteiger charge is -2.21. The summed E-state index contributed by atoms with van der Waals surface area (Å²) in [7, 11) is 1.65. The minimum Gasteiger partial charge on any atom is -0.507 e. The van der Waals surface area contributed by atoms with Crippen LogP contribution >= 0.6 is 0 Å². The first kappa shape index (κ1) is 16.9. The van der Waals surface area contributed by atoms with Crippen LogP contribution in [0.3, 0.4) is 0 Å². The summed E-state index contributed by atoms with van der Waals surface area (Å²) in [4.78, 5) is 6.61. The molecule has 23 heavy (non-hydrogen) atoms. The van der Waals surface area contributed by atoms with Gasteiger partial charge in [0.25, 0.3) is 0 Å². The molecule has 0 radical (unpaired) electrons. The van der Waals surface area contributed by atoms with Gasteiger partial charge in [-0.05, 0) is 32.0 Å². The second kappa shape index (κ2) is 8.22. The lowest BCUT2D eigenvalue weighted by molar-refractivity contribution is 0.410. The number of para-hydroxylation sites is 1. The standard InChI is InChI=1S/C19H24N2O2/c1-4-21(5-2)17-11-10-15(18(22)12-17)13-20-14-16-8-6-7-9-19(16)23-3/h6-13,22H,4-5,14H2,1-3H3. The van der Waals surface area contributed by atoms with Crippen LogP contribution in [-0.2, 0) is 6.54 Å². The molecule has 1 N–H and O–H groups in total. The Morgan fingerprint density at radius 1 is 1.13 bits per heavy atom. The molecule has 2 rings (SSSR count). The molecule has 0 aliphatic rings. The highest BCUT2D eigenvalue weighted by Gasteiger charge is 2.05. The number of nitrogens with zero attached hydrogens (tertiary/aromatic N) is 2. The summed E-state index contributed by atoms with van der Waals surface area (Å²) in [5.74, 6) is 1.07. The Balaban J connectivity index is 2.11. The number of hydrogen-bond acceptors (Lipinski definition) is 4. The minimum atomic E-state index is 0.248. The molecule has 0 amide bonds. The Labute approximate surface area is 138 Å². The highest BCUT2D eigenvalue weighted by Crippen LogP contribution is 2.24. The lowest BCUT2D eigenvalue weighted by atomic mass is 10.1. The number of aromatic hydroxyl groups is 1. The molecule has 0 saturated carbocycles. The summed E-state index contributed by atoms with van der Waals surface area (Å²) in [6.07, 6.45) is 1.70. The number of rotatable bonds is 7. The Morgan fingerprint density at radius 3 is 2.52 bits per heavy atom. The zero-order chi connectivity index (χ0) is 16.7. The third-order valence-corrected chi connectivity index (χ3v) is 3.83. The van der Waals surface area contributed by atoms with Gasteiger partial charge in [-0.1, -0.05) is 18.2 Å². The quantitative estimate of drug-likeness (QED) is 0.789. The summed E-state index contributed by atoms with van der Waals surface area (Å²) < 4.78 is 5.31. The maximum absolute atomic E-state index is 10.2. The fourth-order valence-corrected chi connectivity index (χ4v) is 2.50. The van der Waals surface area contributed by atoms with Gasteiger partial charge >= 0.3 is 0 Å². The fraction of sp³-hybridized carbons (Fsp3) is 0.316. The van der Waals surface area contributed by atoms with E-state index in [9.17, 15) is 5.11 Å². The van der Waals surface area contributed by atoms with E-state index in [0.29, 0.717) is 6.54 Å². The van der Waals surface area contributed by atoms with Crippen molar-refractivity contribution in [3.8, 4) is 11.5 Å². The number of benzene rings is 2. The van der Waals surface area contributed by atoms with E-state index in [1.54, 1.807) is 19.4 Å². The zero-order valence-corrected chi connectivity index (χ0v) is 14.0. The number of anilines is 1. The summed E-state index contributed by atoms with van der Waals surface area (Å²) in [6, 6.07) is 13.5. The SMILES string of the molecule is CCN(CC)c1ccc(C=NCc2ccccc2OC)c(O)c1. The molecule has 0 bridgehead atoms. The van der Waals surface area contributed by atoms with Crippen molar-refractivity contribution >= 4 is 11.9 Å². The van der Waals surface area contributed by atoms with E-state index in [2.05, 4.69) is 23.7 Å². The van der Waals surface area contributed by atoms with Crippen LogP contribution in [0.1, 0.15) is 25.0 Å². The van der Waals surface area contributed by atoms with E-state index < -0.39 is 0 Å². The number of phenolic OH excluding ortho intramolecular Hbond substituents is 1. The van der Waals surface area contributed by atoms with Gasteiger partial charge < -0.3 is 14.7 Å². The smallest absolute Gasteiger partial charge is 0.126 e. The van der Waals surface area contributed by atoms with Crippen LogP contribution in [0.15, 0.2) is 47.5 Å². The summed E-state index contributed by atoms with van der Waals surface area (Å²) in [5, 5.41) is 10.2. The molecule has 122 valence electrons. The third-order valence-electron chi connectivity index (χ3n) is 3.83. The van der Waals surface area contributed by atoms with Crippen molar-refractivity contribution in [2.45, 2.75) is 20.4 Å². The molecule has 2 aromatic carbocycles. The minimum absolute atomic E-state index is 0.248. The van der Waals surface area contributed by atoms with Crippen molar-refractivity contribution in [1.82, 2.24) is 0 Å². The molecular formula is C19H24N2O2. The molecule has 0 saturated heterocycles. The van der Waals surface area contributed by atoms with Gasteiger partial charge in [0, 0.05) is 42.2 Å². The number of hydrogen-bond donors (Lipinski definition) is 1. The molecule has 4 nitrogen and oxygen atoms in total. The normalized spacial score (nSPS) is 10.9. The number of methoxy groups -OCH3 is 1. The molecule has 0 aliphatic heterocycles. The van der Waals surface area contributed by atoms with Crippen molar-refractivity contribution in [3.63, 3.8) is 0 Å². The Morgan fingerprint density at radius 2 is 1.87 bits per heavy atom. The van der Waals surface area contributed by atoms with Crippen LogP contribution < -0.4 is 9.64 Å². The van der Waals surface area contributed by atoms with Crippen molar-refractivity contribution in [3.05, 3.63) is 53.6 Å². The maximum Gasteiger partial charge on any atom is 0.126 e. The van der Waals surface area contributed by atoms with Crippen molar-refractivity contribution in [2.24, 2.45) is 4.99 Å².